The van der Waals surface area contributed by atoms with E-state index in [1.807, 2.05) is 25.1 Å². The molecule has 0 spiro atoms. The van der Waals surface area contributed by atoms with Crippen LogP contribution in [0, 0.1) is 6.92 Å². The number of amides is 1. The first kappa shape index (κ1) is 12.9. The Morgan fingerprint density at radius 3 is 3.00 bits per heavy atom. The molecule has 1 aromatic rings. The van der Waals surface area contributed by atoms with Crippen molar-refractivity contribution in [3.63, 3.8) is 0 Å². The quantitative estimate of drug-likeness (QED) is 0.867. The lowest BCUT2D eigenvalue weighted by Crippen LogP contribution is -2.38. The van der Waals surface area contributed by atoms with Crippen molar-refractivity contribution in [3.05, 3.63) is 29.8 Å². The lowest BCUT2D eigenvalue weighted by Gasteiger charge is -2.20. The van der Waals surface area contributed by atoms with E-state index in [0.717, 1.165) is 10.6 Å². The fourth-order valence-electron chi connectivity index (χ4n) is 1.77. The Hall–Kier alpha value is -1.59. The Morgan fingerprint density at radius 2 is 2.39 bits per heavy atom. The van der Waals surface area contributed by atoms with Gasteiger partial charge in [-0.2, -0.15) is 0 Å². The number of ether oxygens (including phenoxy) is 1. The van der Waals surface area contributed by atoms with E-state index in [0.29, 0.717) is 5.75 Å². The number of rotatable bonds is 3. The number of hydroxylamine groups is 2. The molecule has 5 heteroatoms. The van der Waals surface area contributed by atoms with E-state index in [9.17, 15) is 9.90 Å². The maximum Gasteiger partial charge on any atom is 0.286 e. The van der Waals surface area contributed by atoms with E-state index in [1.165, 1.54) is 0 Å². The van der Waals surface area contributed by atoms with Crippen LogP contribution in [0.1, 0.15) is 12.5 Å². The standard InChI is InChI=1S/C13H17NO4/c1-9-4-3-5-12(6-9)18-10(2)13(16)14-7-11(15)8-17-14/h3-6,10-11,15H,7-8H2,1-2H3. The topological polar surface area (TPSA) is 59.0 Å². The summed E-state index contributed by atoms with van der Waals surface area (Å²) in [6, 6.07) is 7.50. The van der Waals surface area contributed by atoms with E-state index in [1.54, 1.807) is 13.0 Å². The van der Waals surface area contributed by atoms with Crippen molar-refractivity contribution in [2.24, 2.45) is 0 Å². The van der Waals surface area contributed by atoms with Gasteiger partial charge in [0.15, 0.2) is 6.10 Å². The number of benzene rings is 1. The zero-order valence-corrected chi connectivity index (χ0v) is 10.5. The molecule has 18 heavy (non-hydrogen) atoms. The number of aryl methyl sites for hydroxylation is 1. The zero-order chi connectivity index (χ0) is 13.1. The van der Waals surface area contributed by atoms with Gasteiger partial charge in [0.1, 0.15) is 18.5 Å². The summed E-state index contributed by atoms with van der Waals surface area (Å²) in [6.07, 6.45) is -1.25. The molecule has 0 aliphatic carbocycles. The van der Waals surface area contributed by atoms with Gasteiger partial charge in [0.2, 0.25) is 0 Å². The Balaban J connectivity index is 1.95. The fourth-order valence-corrected chi connectivity index (χ4v) is 1.77. The normalized spacial score (nSPS) is 20.8. The fraction of sp³-hybridized carbons (Fsp3) is 0.462. The predicted molar refractivity (Wildman–Crippen MR) is 64.9 cm³/mol. The van der Waals surface area contributed by atoms with Crippen LogP contribution in [0.2, 0.25) is 0 Å². The number of carbonyl (C=O) groups is 1. The van der Waals surface area contributed by atoms with Gasteiger partial charge in [-0.05, 0) is 31.5 Å². The van der Waals surface area contributed by atoms with Crippen LogP contribution in [0.5, 0.6) is 5.75 Å². The van der Waals surface area contributed by atoms with Crippen molar-refractivity contribution in [2.45, 2.75) is 26.1 Å². The number of aliphatic hydroxyl groups excluding tert-OH is 1. The van der Waals surface area contributed by atoms with Gasteiger partial charge in [0, 0.05) is 0 Å². The van der Waals surface area contributed by atoms with Crippen LogP contribution in [0.3, 0.4) is 0 Å². The average Bonchev–Trinajstić information content (AvgIpc) is 2.75. The third-order valence-electron chi connectivity index (χ3n) is 2.70. The molecule has 1 heterocycles. The molecule has 0 aromatic heterocycles. The van der Waals surface area contributed by atoms with Gasteiger partial charge >= 0.3 is 0 Å². The molecule has 98 valence electrons. The molecule has 1 aliphatic rings. The van der Waals surface area contributed by atoms with Crippen LogP contribution < -0.4 is 4.74 Å². The summed E-state index contributed by atoms with van der Waals surface area (Å²) < 4.78 is 5.55. The average molecular weight is 251 g/mol. The minimum absolute atomic E-state index is 0.156. The molecule has 1 aromatic carbocycles. The van der Waals surface area contributed by atoms with Crippen molar-refractivity contribution in [1.82, 2.24) is 5.06 Å². The van der Waals surface area contributed by atoms with Crippen molar-refractivity contribution in [1.29, 1.82) is 0 Å². The Bertz CT molecular complexity index is 435. The van der Waals surface area contributed by atoms with Crippen LogP contribution >= 0.6 is 0 Å². The number of β-amino-alcohol motifs (C(OH)–C–C–N with tert-alkyl or cyclic N) is 1. The lowest BCUT2D eigenvalue weighted by atomic mass is 10.2. The van der Waals surface area contributed by atoms with E-state index >= 15 is 0 Å². The summed E-state index contributed by atoms with van der Waals surface area (Å²) in [5.74, 6) is 0.364. The summed E-state index contributed by atoms with van der Waals surface area (Å²) in [4.78, 5) is 17.0. The second-order valence-electron chi connectivity index (χ2n) is 4.43. The Kier molecular flexibility index (Phi) is 3.84. The van der Waals surface area contributed by atoms with Crippen LogP contribution in [-0.4, -0.2) is 41.4 Å². The van der Waals surface area contributed by atoms with Crippen LogP contribution in [-0.2, 0) is 9.63 Å². The van der Waals surface area contributed by atoms with E-state index < -0.39 is 12.2 Å². The van der Waals surface area contributed by atoms with Gasteiger partial charge in [0.25, 0.3) is 5.91 Å². The SMILES string of the molecule is Cc1cccc(OC(C)C(=O)N2CC(O)CO2)c1. The minimum Gasteiger partial charge on any atom is -0.481 e. The minimum atomic E-state index is -0.642. The van der Waals surface area contributed by atoms with E-state index in [4.69, 9.17) is 9.57 Å². The third kappa shape index (κ3) is 3.00. The van der Waals surface area contributed by atoms with Crippen LogP contribution in [0.4, 0.5) is 0 Å². The summed E-state index contributed by atoms with van der Waals surface area (Å²) in [5.41, 5.74) is 1.07. The first-order valence-electron chi connectivity index (χ1n) is 5.92. The van der Waals surface area contributed by atoms with E-state index in [2.05, 4.69) is 0 Å². The highest BCUT2D eigenvalue weighted by Gasteiger charge is 2.30. The molecule has 1 N–H and O–H groups in total. The van der Waals surface area contributed by atoms with Crippen molar-refractivity contribution >= 4 is 5.91 Å². The number of carbonyl (C=O) groups excluding carboxylic acids is 1. The summed E-state index contributed by atoms with van der Waals surface area (Å²) in [5, 5.41) is 10.5. The molecular weight excluding hydrogens is 234 g/mol. The second kappa shape index (κ2) is 5.37. The first-order chi connectivity index (χ1) is 8.56. The molecule has 5 nitrogen and oxygen atoms in total. The predicted octanol–water partition coefficient (Wildman–Crippen LogP) is 0.897. The summed E-state index contributed by atoms with van der Waals surface area (Å²) in [6.45, 7) is 3.97. The monoisotopic (exact) mass is 251 g/mol. The van der Waals surface area contributed by atoms with Gasteiger partial charge in [-0.1, -0.05) is 12.1 Å². The Labute approximate surface area is 106 Å². The summed E-state index contributed by atoms with van der Waals surface area (Å²) in [7, 11) is 0. The molecule has 2 unspecified atom stereocenters. The zero-order valence-electron chi connectivity index (χ0n) is 10.5. The maximum atomic E-state index is 11.9. The van der Waals surface area contributed by atoms with Gasteiger partial charge in [-0.3, -0.25) is 9.63 Å². The maximum absolute atomic E-state index is 11.9. The number of hydrogen-bond donors (Lipinski definition) is 1. The molecule has 1 aliphatic heterocycles. The van der Waals surface area contributed by atoms with Crippen molar-refractivity contribution in [3.8, 4) is 5.75 Å². The number of aliphatic hydroxyl groups is 1. The molecular formula is C13H17NO4. The van der Waals surface area contributed by atoms with Gasteiger partial charge < -0.3 is 9.84 Å². The number of nitrogens with zero attached hydrogens (tertiary/aromatic N) is 1. The molecule has 0 bridgehead atoms. The van der Waals surface area contributed by atoms with Gasteiger partial charge in [-0.25, -0.2) is 5.06 Å². The van der Waals surface area contributed by atoms with Crippen LogP contribution in [0.15, 0.2) is 24.3 Å². The highest BCUT2D eigenvalue weighted by Crippen LogP contribution is 2.16. The molecule has 1 fully saturated rings. The van der Waals surface area contributed by atoms with Crippen LogP contribution in [0.25, 0.3) is 0 Å². The largest absolute Gasteiger partial charge is 0.481 e. The highest BCUT2D eigenvalue weighted by atomic mass is 16.7. The number of hydrogen-bond acceptors (Lipinski definition) is 4. The molecule has 0 saturated carbocycles. The van der Waals surface area contributed by atoms with Gasteiger partial charge in [-0.15, -0.1) is 0 Å². The molecule has 2 atom stereocenters. The van der Waals surface area contributed by atoms with Gasteiger partial charge in [0.05, 0.1) is 6.54 Å². The molecule has 0 radical (unpaired) electrons. The van der Waals surface area contributed by atoms with Crippen molar-refractivity contribution < 1.29 is 19.5 Å². The van der Waals surface area contributed by atoms with Crippen molar-refractivity contribution in [2.75, 3.05) is 13.2 Å². The Morgan fingerprint density at radius 1 is 1.61 bits per heavy atom. The third-order valence-corrected chi connectivity index (χ3v) is 2.70. The molecule has 2 rings (SSSR count). The first-order valence-corrected chi connectivity index (χ1v) is 5.92. The smallest absolute Gasteiger partial charge is 0.286 e. The summed E-state index contributed by atoms with van der Waals surface area (Å²) >= 11 is 0. The molecule has 1 amide bonds. The second-order valence-corrected chi connectivity index (χ2v) is 4.43. The molecule has 1 saturated heterocycles. The van der Waals surface area contributed by atoms with E-state index in [-0.39, 0.29) is 19.1 Å². The highest BCUT2D eigenvalue weighted by molar-refractivity contribution is 5.80. The lowest BCUT2D eigenvalue weighted by molar-refractivity contribution is -0.175.